The Balaban J connectivity index is 2.01. The lowest BCUT2D eigenvalue weighted by atomic mass is 9.92. The molecule has 0 fully saturated rings. The highest BCUT2D eigenvalue weighted by Crippen LogP contribution is 2.42. The van der Waals surface area contributed by atoms with Crippen LogP contribution in [0.25, 0.3) is 5.70 Å². The molecule has 1 unspecified atom stereocenters. The van der Waals surface area contributed by atoms with Gasteiger partial charge in [0.2, 0.25) is 5.95 Å². The molecule has 1 aromatic heterocycles. The van der Waals surface area contributed by atoms with Crippen molar-refractivity contribution in [1.29, 1.82) is 0 Å². The normalized spacial score (nSPS) is 15.5. The Hall–Kier alpha value is -3.13. The average molecular weight is 455 g/mol. The molecule has 0 saturated carbocycles. The third kappa shape index (κ3) is 3.51. The van der Waals surface area contributed by atoms with Gasteiger partial charge < -0.3 is 14.8 Å². The number of nitrogens with zero attached hydrogens (tertiary/aromatic N) is 3. The van der Waals surface area contributed by atoms with Crippen LogP contribution in [0.5, 0.6) is 5.75 Å². The van der Waals surface area contributed by atoms with E-state index in [-0.39, 0.29) is 6.61 Å². The van der Waals surface area contributed by atoms with Crippen LogP contribution in [-0.2, 0) is 9.53 Å². The minimum atomic E-state index is -0.574. The van der Waals surface area contributed by atoms with E-state index < -0.39 is 12.0 Å². The maximum absolute atomic E-state index is 13.1. The number of hydrogen-bond donors (Lipinski definition) is 1. The summed E-state index contributed by atoms with van der Waals surface area (Å²) in [6, 6.07) is 14.7. The zero-order valence-electron chi connectivity index (χ0n) is 15.9. The smallest absolute Gasteiger partial charge is 0.338 e. The number of anilines is 1. The second-order valence-corrected chi connectivity index (χ2v) is 7.23. The number of carbonyl (C=O) groups excluding carboxylic acids is 1. The minimum absolute atomic E-state index is 0.261. The molecule has 8 heteroatoms. The summed E-state index contributed by atoms with van der Waals surface area (Å²) in [5.74, 6) is 0.742. The van der Waals surface area contributed by atoms with Crippen molar-refractivity contribution >= 4 is 33.5 Å². The molecule has 0 saturated heterocycles. The van der Waals surface area contributed by atoms with Gasteiger partial charge in [0.15, 0.2) is 0 Å². The number of esters is 1. The van der Waals surface area contributed by atoms with Gasteiger partial charge in [0.1, 0.15) is 18.1 Å². The van der Waals surface area contributed by atoms with Crippen LogP contribution in [0.4, 0.5) is 5.95 Å². The molecule has 1 atom stereocenters. The third-order valence-electron chi connectivity index (χ3n) is 4.64. The molecule has 0 bridgehead atoms. The zero-order valence-corrected chi connectivity index (χ0v) is 17.5. The largest absolute Gasteiger partial charge is 0.496 e. The van der Waals surface area contributed by atoms with Crippen LogP contribution in [-0.4, -0.2) is 34.5 Å². The number of aromatic nitrogens is 3. The molecule has 0 radical (unpaired) electrons. The number of carbonyl (C=O) groups is 1. The fourth-order valence-corrected chi connectivity index (χ4v) is 3.81. The maximum atomic E-state index is 13.1. The molecule has 0 amide bonds. The van der Waals surface area contributed by atoms with Crippen molar-refractivity contribution in [1.82, 2.24) is 14.8 Å². The Labute approximate surface area is 176 Å². The summed E-state index contributed by atoms with van der Waals surface area (Å²) in [6.45, 7) is 2.05. The Bertz CT molecular complexity index is 1080. The average Bonchev–Trinajstić information content (AvgIpc) is 3.21. The van der Waals surface area contributed by atoms with E-state index in [1.165, 1.54) is 6.33 Å². The van der Waals surface area contributed by atoms with Crippen LogP contribution in [0.1, 0.15) is 24.1 Å². The fourth-order valence-electron chi connectivity index (χ4n) is 3.43. The summed E-state index contributed by atoms with van der Waals surface area (Å²) in [4.78, 5) is 17.5. The van der Waals surface area contributed by atoms with Crippen molar-refractivity contribution < 1.29 is 14.3 Å². The number of rotatable bonds is 5. The van der Waals surface area contributed by atoms with Crippen LogP contribution in [0, 0.1) is 0 Å². The van der Waals surface area contributed by atoms with Crippen LogP contribution in [0.15, 0.2) is 64.9 Å². The van der Waals surface area contributed by atoms with Gasteiger partial charge in [0.05, 0.1) is 25.0 Å². The zero-order chi connectivity index (χ0) is 20.4. The van der Waals surface area contributed by atoms with E-state index in [9.17, 15) is 4.79 Å². The molecule has 0 aliphatic carbocycles. The van der Waals surface area contributed by atoms with Crippen LogP contribution in [0.3, 0.4) is 0 Å². The monoisotopic (exact) mass is 454 g/mol. The van der Waals surface area contributed by atoms with Crippen molar-refractivity contribution in [3.63, 3.8) is 0 Å². The molecule has 2 heterocycles. The van der Waals surface area contributed by atoms with E-state index in [0.717, 1.165) is 15.6 Å². The van der Waals surface area contributed by atoms with E-state index in [2.05, 4.69) is 31.3 Å². The van der Waals surface area contributed by atoms with E-state index in [4.69, 9.17) is 9.47 Å². The van der Waals surface area contributed by atoms with Crippen LogP contribution < -0.4 is 10.1 Å². The number of fused-ring (bicyclic) bond motifs is 1. The predicted molar refractivity (Wildman–Crippen MR) is 112 cm³/mol. The highest BCUT2D eigenvalue weighted by Gasteiger charge is 2.37. The van der Waals surface area contributed by atoms with Crippen molar-refractivity contribution in [3.05, 3.63) is 76.0 Å². The molecule has 1 aliphatic heterocycles. The third-order valence-corrected chi connectivity index (χ3v) is 5.13. The Morgan fingerprint density at radius 2 is 2.03 bits per heavy atom. The maximum Gasteiger partial charge on any atom is 0.338 e. The van der Waals surface area contributed by atoms with Gasteiger partial charge in [0, 0.05) is 10.0 Å². The molecule has 29 heavy (non-hydrogen) atoms. The summed E-state index contributed by atoms with van der Waals surface area (Å²) in [5, 5.41) is 7.62. The molecule has 1 aliphatic rings. The Morgan fingerprint density at radius 1 is 1.24 bits per heavy atom. The quantitative estimate of drug-likeness (QED) is 0.586. The Morgan fingerprint density at radius 3 is 2.76 bits per heavy atom. The number of nitrogens with one attached hydrogen (secondary N) is 1. The van der Waals surface area contributed by atoms with Gasteiger partial charge in [-0.3, -0.25) is 0 Å². The summed E-state index contributed by atoms with van der Waals surface area (Å²) >= 11 is 3.52. The SMILES string of the molecule is CCOC(=O)C1=C(c2ccccc2)Nc2ncnn2C1c1cc(Br)ccc1OC. The number of hydrogen-bond acceptors (Lipinski definition) is 6. The summed E-state index contributed by atoms with van der Waals surface area (Å²) in [6.07, 6.45) is 1.45. The van der Waals surface area contributed by atoms with E-state index in [1.807, 2.05) is 48.5 Å². The van der Waals surface area contributed by atoms with E-state index in [0.29, 0.717) is 23.0 Å². The van der Waals surface area contributed by atoms with Crippen molar-refractivity contribution in [2.75, 3.05) is 19.0 Å². The molecule has 4 rings (SSSR count). The van der Waals surface area contributed by atoms with Gasteiger partial charge in [0.25, 0.3) is 0 Å². The topological polar surface area (TPSA) is 78.3 Å². The van der Waals surface area contributed by atoms with Crippen LogP contribution in [0.2, 0.25) is 0 Å². The fraction of sp³-hybridized carbons (Fsp3) is 0.190. The van der Waals surface area contributed by atoms with Crippen molar-refractivity contribution in [3.8, 4) is 5.75 Å². The predicted octanol–water partition coefficient (Wildman–Crippen LogP) is 4.04. The first kappa shape index (κ1) is 19.2. The summed E-state index contributed by atoms with van der Waals surface area (Å²) in [7, 11) is 1.60. The minimum Gasteiger partial charge on any atom is -0.496 e. The van der Waals surface area contributed by atoms with Gasteiger partial charge in [-0.15, -0.1) is 0 Å². The van der Waals surface area contributed by atoms with Crippen molar-refractivity contribution in [2.24, 2.45) is 0 Å². The standard InChI is InChI=1S/C21H19BrN4O3/c1-3-29-20(27)17-18(13-7-5-4-6-8-13)25-21-23-12-24-26(21)19(17)15-11-14(22)9-10-16(15)28-2/h4-12,19H,3H2,1-2H3,(H,23,24,25). The highest BCUT2D eigenvalue weighted by atomic mass is 79.9. The lowest BCUT2D eigenvalue weighted by Gasteiger charge is -2.30. The lowest BCUT2D eigenvalue weighted by Crippen LogP contribution is -2.30. The molecule has 0 spiro atoms. The molecular formula is C21H19BrN4O3. The second kappa shape index (κ2) is 8.08. The molecule has 7 nitrogen and oxygen atoms in total. The second-order valence-electron chi connectivity index (χ2n) is 6.32. The first-order chi connectivity index (χ1) is 14.1. The first-order valence-corrected chi connectivity index (χ1v) is 9.90. The van der Waals surface area contributed by atoms with Gasteiger partial charge in [-0.25, -0.2) is 9.48 Å². The molecule has 2 aromatic carbocycles. The number of ether oxygens (including phenoxy) is 2. The molecule has 148 valence electrons. The molecule has 1 N–H and O–H groups in total. The highest BCUT2D eigenvalue weighted by molar-refractivity contribution is 9.10. The van der Waals surface area contributed by atoms with E-state index >= 15 is 0 Å². The van der Waals surface area contributed by atoms with Gasteiger partial charge in [-0.2, -0.15) is 10.1 Å². The van der Waals surface area contributed by atoms with Crippen molar-refractivity contribution in [2.45, 2.75) is 13.0 Å². The van der Waals surface area contributed by atoms with Crippen LogP contribution >= 0.6 is 15.9 Å². The summed E-state index contributed by atoms with van der Waals surface area (Å²) < 4.78 is 13.6. The van der Waals surface area contributed by atoms with Gasteiger partial charge in [-0.1, -0.05) is 46.3 Å². The number of methoxy groups -OCH3 is 1. The first-order valence-electron chi connectivity index (χ1n) is 9.10. The van der Waals surface area contributed by atoms with Gasteiger partial charge >= 0.3 is 5.97 Å². The lowest BCUT2D eigenvalue weighted by molar-refractivity contribution is -0.138. The summed E-state index contributed by atoms with van der Waals surface area (Å²) in [5.41, 5.74) is 2.69. The number of halogens is 1. The van der Waals surface area contributed by atoms with Gasteiger partial charge in [-0.05, 0) is 30.7 Å². The van der Waals surface area contributed by atoms with E-state index in [1.54, 1.807) is 18.7 Å². The Kier molecular flexibility index (Phi) is 5.35. The molecule has 3 aromatic rings. The number of benzene rings is 2. The molecular weight excluding hydrogens is 436 g/mol.